The zero-order valence-electron chi connectivity index (χ0n) is 14.1. The molecule has 0 spiro atoms. The van der Waals surface area contributed by atoms with Crippen LogP contribution in [0.4, 0.5) is 0 Å². The molecule has 1 fully saturated rings. The molecule has 130 valence electrons. The number of nitrogens with one attached hydrogen (secondary N) is 1. The van der Waals surface area contributed by atoms with E-state index in [1.54, 1.807) is 0 Å². The number of hydrogen-bond donors (Lipinski definition) is 2. The number of nitrogens with two attached hydrogens (primary N) is 1. The molecule has 23 heavy (non-hydrogen) atoms. The molecule has 1 amide bonds. The van der Waals surface area contributed by atoms with E-state index in [2.05, 4.69) is 5.32 Å². The van der Waals surface area contributed by atoms with Crippen molar-refractivity contribution in [1.82, 2.24) is 5.32 Å². The van der Waals surface area contributed by atoms with Gasteiger partial charge in [0, 0.05) is 12.1 Å². The van der Waals surface area contributed by atoms with Crippen molar-refractivity contribution >= 4 is 18.3 Å². The summed E-state index contributed by atoms with van der Waals surface area (Å²) in [5.41, 5.74) is 6.98. The van der Waals surface area contributed by atoms with Crippen LogP contribution < -0.4 is 15.8 Å². The first-order valence-corrected chi connectivity index (χ1v) is 8.39. The molecule has 0 aliphatic heterocycles. The third kappa shape index (κ3) is 5.70. The zero-order valence-corrected chi connectivity index (χ0v) is 14.9. The Labute approximate surface area is 145 Å². The van der Waals surface area contributed by atoms with Crippen LogP contribution in [0.5, 0.6) is 5.75 Å². The monoisotopic (exact) mass is 340 g/mol. The standard InChI is InChI=1S/C18H28N2O2.ClH/c1-3-13(2)17(19)18(21)20-12-14-8-4-7-11-16(14)22-15-9-5-6-10-15;/h4,7-8,11,13,15,17H,3,5-6,9-10,12,19H2,1-2H3,(H,20,21);1H. The van der Waals surface area contributed by atoms with Gasteiger partial charge in [-0.2, -0.15) is 0 Å². The first kappa shape index (κ1) is 19.8. The number of benzene rings is 1. The van der Waals surface area contributed by atoms with Gasteiger partial charge in [-0.3, -0.25) is 4.79 Å². The normalized spacial score (nSPS) is 17.2. The molecule has 0 bridgehead atoms. The third-order valence-corrected chi connectivity index (χ3v) is 4.58. The van der Waals surface area contributed by atoms with Crippen LogP contribution in [0, 0.1) is 5.92 Å². The van der Waals surface area contributed by atoms with E-state index in [9.17, 15) is 4.79 Å². The van der Waals surface area contributed by atoms with Crippen molar-refractivity contribution in [2.45, 2.75) is 64.6 Å². The number of carbonyl (C=O) groups is 1. The number of ether oxygens (including phenoxy) is 1. The summed E-state index contributed by atoms with van der Waals surface area (Å²) in [5.74, 6) is 0.974. The van der Waals surface area contributed by atoms with Crippen molar-refractivity contribution in [2.24, 2.45) is 11.7 Å². The average molecular weight is 341 g/mol. The van der Waals surface area contributed by atoms with Gasteiger partial charge in [-0.1, -0.05) is 38.5 Å². The van der Waals surface area contributed by atoms with Gasteiger partial charge in [-0.05, 0) is 37.7 Å². The lowest BCUT2D eigenvalue weighted by molar-refractivity contribution is -0.123. The Morgan fingerprint density at radius 3 is 2.65 bits per heavy atom. The molecule has 2 atom stereocenters. The maximum atomic E-state index is 12.1. The highest BCUT2D eigenvalue weighted by molar-refractivity contribution is 5.85. The summed E-state index contributed by atoms with van der Waals surface area (Å²) in [4.78, 5) is 12.1. The quantitative estimate of drug-likeness (QED) is 0.799. The van der Waals surface area contributed by atoms with Gasteiger partial charge in [-0.15, -0.1) is 12.4 Å². The lowest BCUT2D eigenvalue weighted by atomic mass is 9.99. The molecule has 4 nitrogen and oxygen atoms in total. The SMILES string of the molecule is CCC(C)C(N)C(=O)NCc1ccccc1OC1CCCC1.Cl. The fourth-order valence-electron chi connectivity index (χ4n) is 2.76. The van der Waals surface area contributed by atoms with E-state index in [1.807, 2.05) is 38.1 Å². The molecule has 0 aromatic heterocycles. The van der Waals surface area contributed by atoms with E-state index < -0.39 is 6.04 Å². The molecule has 1 aliphatic rings. The number of carbonyl (C=O) groups excluding carboxylic acids is 1. The number of rotatable bonds is 7. The fraction of sp³-hybridized carbons (Fsp3) is 0.611. The lowest BCUT2D eigenvalue weighted by Crippen LogP contribution is -2.44. The highest BCUT2D eigenvalue weighted by Crippen LogP contribution is 2.26. The van der Waals surface area contributed by atoms with Gasteiger partial charge in [-0.25, -0.2) is 0 Å². The second kappa shape index (κ2) is 9.78. The minimum absolute atomic E-state index is 0. The summed E-state index contributed by atoms with van der Waals surface area (Å²) in [6.07, 6.45) is 5.95. The number of hydrogen-bond acceptors (Lipinski definition) is 3. The molecule has 3 N–H and O–H groups in total. The molecule has 2 unspecified atom stereocenters. The Hall–Kier alpha value is -1.26. The largest absolute Gasteiger partial charge is 0.490 e. The second-order valence-corrected chi connectivity index (χ2v) is 6.26. The van der Waals surface area contributed by atoms with Gasteiger partial charge in [0.1, 0.15) is 5.75 Å². The van der Waals surface area contributed by atoms with Gasteiger partial charge < -0.3 is 15.8 Å². The van der Waals surface area contributed by atoms with Crippen LogP contribution in [0.15, 0.2) is 24.3 Å². The van der Waals surface area contributed by atoms with E-state index in [0.717, 1.165) is 30.6 Å². The van der Waals surface area contributed by atoms with Crippen molar-refractivity contribution in [3.63, 3.8) is 0 Å². The number of para-hydroxylation sites is 1. The van der Waals surface area contributed by atoms with Crippen molar-refractivity contribution in [3.05, 3.63) is 29.8 Å². The predicted octanol–water partition coefficient (Wildman–Crippen LogP) is 3.42. The van der Waals surface area contributed by atoms with Crippen LogP contribution in [0.25, 0.3) is 0 Å². The highest BCUT2D eigenvalue weighted by atomic mass is 35.5. The van der Waals surface area contributed by atoms with Gasteiger partial charge in [0.25, 0.3) is 0 Å². The first-order valence-electron chi connectivity index (χ1n) is 8.39. The van der Waals surface area contributed by atoms with Crippen molar-refractivity contribution in [1.29, 1.82) is 0 Å². The third-order valence-electron chi connectivity index (χ3n) is 4.58. The number of amides is 1. The Bertz CT molecular complexity index is 490. The average Bonchev–Trinajstić information content (AvgIpc) is 3.05. The van der Waals surface area contributed by atoms with Crippen LogP contribution in [0.3, 0.4) is 0 Å². The van der Waals surface area contributed by atoms with Crippen LogP contribution in [0.2, 0.25) is 0 Å². The van der Waals surface area contributed by atoms with E-state index in [1.165, 1.54) is 12.8 Å². The molecule has 5 heteroatoms. The molecular formula is C18H29ClN2O2. The molecule has 2 rings (SSSR count). The molecular weight excluding hydrogens is 312 g/mol. The number of halogens is 1. The van der Waals surface area contributed by atoms with Crippen LogP contribution in [-0.4, -0.2) is 18.1 Å². The maximum absolute atomic E-state index is 12.1. The Kier molecular flexibility index (Phi) is 8.42. The van der Waals surface area contributed by atoms with Gasteiger partial charge in [0.15, 0.2) is 0 Å². The molecule has 0 saturated heterocycles. The Morgan fingerprint density at radius 1 is 1.35 bits per heavy atom. The first-order chi connectivity index (χ1) is 10.6. The summed E-state index contributed by atoms with van der Waals surface area (Å²) in [6.45, 7) is 4.51. The van der Waals surface area contributed by atoms with Crippen molar-refractivity contribution in [3.8, 4) is 5.75 Å². The summed E-state index contributed by atoms with van der Waals surface area (Å²) in [6, 6.07) is 7.47. The minimum Gasteiger partial charge on any atom is -0.490 e. The summed E-state index contributed by atoms with van der Waals surface area (Å²) in [7, 11) is 0. The molecule has 1 aliphatic carbocycles. The van der Waals surface area contributed by atoms with Crippen LogP contribution in [0.1, 0.15) is 51.5 Å². The summed E-state index contributed by atoms with van der Waals surface area (Å²) >= 11 is 0. The fourth-order valence-corrected chi connectivity index (χ4v) is 2.76. The summed E-state index contributed by atoms with van der Waals surface area (Å²) < 4.78 is 6.09. The topological polar surface area (TPSA) is 64.4 Å². The van der Waals surface area contributed by atoms with Crippen LogP contribution in [-0.2, 0) is 11.3 Å². The molecule has 0 radical (unpaired) electrons. The second-order valence-electron chi connectivity index (χ2n) is 6.26. The molecule has 1 aromatic carbocycles. The van der Waals surface area contributed by atoms with Crippen LogP contribution >= 0.6 is 12.4 Å². The predicted molar refractivity (Wildman–Crippen MR) is 95.9 cm³/mol. The van der Waals surface area contributed by atoms with Gasteiger partial charge in [0.2, 0.25) is 5.91 Å². The minimum atomic E-state index is -0.451. The highest BCUT2D eigenvalue weighted by Gasteiger charge is 2.20. The molecule has 1 aromatic rings. The van der Waals surface area contributed by atoms with Gasteiger partial charge >= 0.3 is 0 Å². The zero-order chi connectivity index (χ0) is 15.9. The van der Waals surface area contributed by atoms with Crippen molar-refractivity contribution in [2.75, 3.05) is 0 Å². The Balaban J connectivity index is 0.00000264. The lowest BCUT2D eigenvalue weighted by Gasteiger charge is -2.19. The molecule has 1 saturated carbocycles. The van der Waals surface area contributed by atoms with E-state index in [0.29, 0.717) is 12.6 Å². The van der Waals surface area contributed by atoms with E-state index >= 15 is 0 Å². The Morgan fingerprint density at radius 2 is 2.00 bits per heavy atom. The molecule has 0 heterocycles. The maximum Gasteiger partial charge on any atom is 0.237 e. The van der Waals surface area contributed by atoms with Crippen molar-refractivity contribution < 1.29 is 9.53 Å². The van der Waals surface area contributed by atoms with E-state index in [4.69, 9.17) is 10.5 Å². The van der Waals surface area contributed by atoms with E-state index in [-0.39, 0.29) is 24.2 Å². The summed E-state index contributed by atoms with van der Waals surface area (Å²) in [5, 5.41) is 2.94. The smallest absolute Gasteiger partial charge is 0.237 e. The van der Waals surface area contributed by atoms with Gasteiger partial charge in [0.05, 0.1) is 12.1 Å².